The third-order valence-corrected chi connectivity index (χ3v) is 4.59. The van der Waals surface area contributed by atoms with Crippen LogP contribution in [0.15, 0.2) is 5.38 Å². The van der Waals surface area contributed by atoms with Crippen LogP contribution in [-0.2, 0) is 11.2 Å². The first kappa shape index (κ1) is 12.7. The first-order valence-corrected chi connectivity index (χ1v) is 7.20. The highest BCUT2D eigenvalue weighted by Crippen LogP contribution is 2.29. The van der Waals surface area contributed by atoms with E-state index in [4.69, 9.17) is 5.73 Å². The van der Waals surface area contributed by atoms with E-state index in [-0.39, 0.29) is 5.92 Å². The molecule has 0 atom stereocenters. The van der Waals surface area contributed by atoms with Crippen LogP contribution in [0.4, 0.5) is 0 Å². The Hall–Kier alpha value is -0.740. The van der Waals surface area contributed by atoms with Crippen molar-refractivity contribution in [2.24, 2.45) is 17.6 Å². The lowest BCUT2D eigenvalue weighted by molar-refractivity contribution is -0.123. The molecule has 0 spiro atoms. The maximum atomic E-state index is 12.1. The normalized spacial score (nSPS) is 24.8. The predicted molar refractivity (Wildman–Crippen MR) is 70.1 cm³/mol. The summed E-state index contributed by atoms with van der Waals surface area (Å²) in [7, 11) is 0. The van der Waals surface area contributed by atoms with Crippen molar-refractivity contribution in [2.75, 3.05) is 6.54 Å². The van der Waals surface area contributed by atoms with Gasteiger partial charge in [-0.2, -0.15) is 0 Å². The molecule has 2 rings (SSSR count). The van der Waals surface area contributed by atoms with Crippen LogP contribution in [0.25, 0.3) is 0 Å². The van der Waals surface area contributed by atoms with Crippen LogP contribution >= 0.6 is 11.3 Å². The van der Waals surface area contributed by atoms with Gasteiger partial charge in [-0.25, -0.2) is 4.98 Å². The highest BCUT2D eigenvalue weighted by atomic mass is 32.1. The molecule has 0 aliphatic heterocycles. The minimum absolute atomic E-state index is 0.252. The van der Waals surface area contributed by atoms with Crippen LogP contribution in [0, 0.1) is 18.8 Å². The third kappa shape index (κ3) is 3.36. The molecule has 1 aromatic rings. The van der Waals surface area contributed by atoms with Gasteiger partial charge in [0.15, 0.2) is 0 Å². The van der Waals surface area contributed by atoms with Crippen LogP contribution in [-0.4, -0.2) is 17.3 Å². The molecule has 2 N–H and O–H groups in total. The molecule has 0 saturated heterocycles. The van der Waals surface area contributed by atoms with Gasteiger partial charge in [-0.1, -0.05) is 0 Å². The van der Waals surface area contributed by atoms with Crippen molar-refractivity contribution in [2.45, 2.75) is 39.0 Å². The number of hydrogen-bond acceptors (Lipinski definition) is 4. The lowest BCUT2D eigenvalue weighted by Gasteiger charge is -2.26. The van der Waals surface area contributed by atoms with Crippen LogP contribution in [0.3, 0.4) is 0 Å². The summed E-state index contributed by atoms with van der Waals surface area (Å²) in [5, 5.41) is 2.97. The molecular formula is C13H20N2OS. The third-order valence-electron chi connectivity index (χ3n) is 3.63. The van der Waals surface area contributed by atoms with Gasteiger partial charge in [0.2, 0.25) is 0 Å². The van der Waals surface area contributed by atoms with E-state index in [9.17, 15) is 4.79 Å². The van der Waals surface area contributed by atoms with Crippen molar-refractivity contribution < 1.29 is 4.79 Å². The quantitative estimate of drug-likeness (QED) is 0.894. The number of ketones is 1. The zero-order valence-electron chi connectivity index (χ0n) is 10.3. The molecule has 1 aromatic heterocycles. The molecule has 94 valence electrons. The summed E-state index contributed by atoms with van der Waals surface area (Å²) in [4.78, 5) is 16.5. The Morgan fingerprint density at radius 3 is 2.71 bits per heavy atom. The Bertz CT molecular complexity index is 381. The molecule has 1 saturated carbocycles. The van der Waals surface area contributed by atoms with Crippen LogP contribution in [0.1, 0.15) is 36.4 Å². The van der Waals surface area contributed by atoms with Crippen molar-refractivity contribution >= 4 is 17.1 Å². The predicted octanol–water partition coefficient (Wildman–Crippen LogP) is 2.33. The molecule has 1 heterocycles. The maximum Gasteiger partial charge on any atom is 0.142 e. The summed E-state index contributed by atoms with van der Waals surface area (Å²) in [5.74, 6) is 1.26. The van der Waals surface area contributed by atoms with Gasteiger partial charge in [-0.05, 0) is 45.1 Å². The van der Waals surface area contributed by atoms with Gasteiger partial charge in [0.1, 0.15) is 10.8 Å². The molecule has 0 radical (unpaired) electrons. The van der Waals surface area contributed by atoms with Crippen molar-refractivity contribution in [1.29, 1.82) is 0 Å². The number of rotatable bonds is 4. The van der Waals surface area contributed by atoms with E-state index in [1.54, 1.807) is 11.3 Å². The highest BCUT2D eigenvalue weighted by molar-refractivity contribution is 7.09. The summed E-state index contributed by atoms with van der Waals surface area (Å²) in [6.07, 6.45) is 4.79. The topological polar surface area (TPSA) is 56.0 Å². The number of aromatic nitrogens is 1. The average molecular weight is 252 g/mol. The monoisotopic (exact) mass is 252 g/mol. The van der Waals surface area contributed by atoms with E-state index >= 15 is 0 Å². The molecule has 0 amide bonds. The van der Waals surface area contributed by atoms with Crippen LogP contribution in [0.5, 0.6) is 0 Å². The summed E-state index contributed by atoms with van der Waals surface area (Å²) < 4.78 is 0. The molecule has 1 fully saturated rings. The van der Waals surface area contributed by atoms with Gasteiger partial charge in [-0.15, -0.1) is 11.3 Å². The molecule has 17 heavy (non-hydrogen) atoms. The van der Waals surface area contributed by atoms with E-state index in [0.717, 1.165) is 42.9 Å². The number of aryl methyl sites for hydroxylation is 1. The van der Waals surface area contributed by atoms with E-state index in [1.165, 1.54) is 0 Å². The fourth-order valence-electron chi connectivity index (χ4n) is 2.50. The molecule has 0 unspecified atom stereocenters. The standard InChI is InChI=1S/C13H20N2OS/c1-9-8-17-13(15-9)6-12(16)11-4-2-10(7-14)3-5-11/h8,10-11H,2-7,14H2,1H3. The number of nitrogens with two attached hydrogens (primary N) is 1. The Kier molecular flexibility index (Phi) is 4.29. The van der Waals surface area contributed by atoms with E-state index in [2.05, 4.69) is 4.98 Å². The van der Waals surface area contributed by atoms with Gasteiger partial charge in [0.05, 0.1) is 6.42 Å². The molecule has 1 aliphatic carbocycles. The Morgan fingerprint density at radius 1 is 1.47 bits per heavy atom. The van der Waals surface area contributed by atoms with Crippen LogP contribution < -0.4 is 5.73 Å². The van der Waals surface area contributed by atoms with Gasteiger partial charge < -0.3 is 5.73 Å². The van der Waals surface area contributed by atoms with Gasteiger partial charge >= 0.3 is 0 Å². The summed E-state index contributed by atoms with van der Waals surface area (Å²) in [6, 6.07) is 0. The first-order chi connectivity index (χ1) is 8.19. The summed E-state index contributed by atoms with van der Waals surface area (Å²) in [6.45, 7) is 2.74. The maximum absolute atomic E-state index is 12.1. The van der Waals surface area contributed by atoms with Gasteiger partial charge in [0, 0.05) is 17.0 Å². The summed E-state index contributed by atoms with van der Waals surface area (Å²) in [5.41, 5.74) is 6.68. The number of hydrogen-bond donors (Lipinski definition) is 1. The number of carbonyl (C=O) groups is 1. The van der Waals surface area contributed by atoms with E-state index < -0.39 is 0 Å². The molecule has 0 bridgehead atoms. The largest absolute Gasteiger partial charge is 0.330 e. The van der Waals surface area contributed by atoms with Crippen molar-refractivity contribution in [3.63, 3.8) is 0 Å². The molecule has 3 nitrogen and oxygen atoms in total. The minimum atomic E-state index is 0.252. The van der Waals surface area contributed by atoms with E-state index in [1.807, 2.05) is 12.3 Å². The van der Waals surface area contributed by atoms with Crippen molar-refractivity contribution in [1.82, 2.24) is 4.98 Å². The second kappa shape index (κ2) is 5.74. The Morgan fingerprint density at radius 2 is 2.18 bits per heavy atom. The lowest BCUT2D eigenvalue weighted by Crippen LogP contribution is -2.26. The second-order valence-corrected chi connectivity index (χ2v) is 5.92. The molecular weight excluding hydrogens is 232 g/mol. The first-order valence-electron chi connectivity index (χ1n) is 6.33. The number of nitrogens with zero attached hydrogens (tertiary/aromatic N) is 1. The van der Waals surface area contributed by atoms with E-state index in [0.29, 0.717) is 18.1 Å². The number of Topliss-reactive ketones (excluding diaryl/α,β-unsaturated/α-hetero) is 1. The van der Waals surface area contributed by atoms with Gasteiger partial charge in [0.25, 0.3) is 0 Å². The van der Waals surface area contributed by atoms with Crippen molar-refractivity contribution in [3.05, 3.63) is 16.1 Å². The fraction of sp³-hybridized carbons (Fsp3) is 0.692. The zero-order valence-corrected chi connectivity index (χ0v) is 11.1. The molecule has 0 aromatic carbocycles. The Balaban J connectivity index is 1.85. The minimum Gasteiger partial charge on any atom is -0.330 e. The second-order valence-electron chi connectivity index (χ2n) is 4.98. The SMILES string of the molecule is Cc1csc(CC(=O)C2CCC(CN)CC2)n1. The zero-order chi connectivity index (χ0) is 12.3. The fourth-order valence-corrected chi connectivity index (χ4v) is 3.28. The highest BCUT2D eigenvalue weighted by Gasteiger charge is 2.25. The van der Waals surface area contributed by atoms with Crippen LogP contribution in [0.2, 0.25) is 0 Å². The molecule has 4 heteroatoms. The summed E-state index contributed by atoms with van der Waals surface area (Å²) >= 11 is 1.59. The Labute approximate surface area is 106 Å². The van der Waals surface area contributed by atoms with Gasteiger partial charge in [-0.3, -0.25) is 4.79 Å². The number of thiazole rings is 1. The number of carbonyl (C=O) groups excluding carboxylic acids is 1. The average Bonchev–Trinajstić information content (AvgIpc) is 2.75. The van der Waals surface area contributed by atoms with Crippen molar-refractivity contribution in [3.8, 4) is 0 Å². The lowest BCUT2D eigenvalue weighted by atomic mass is 9.79. The smallest absolute Gasteiger partial charge is 0.142 e. The molecule has 1 aliphatic rings.